The van der Waals surface area contributed by atoms with Gasteiger partial charge in [0.15, 0.2) is 9.84 Å². The van der Waals surface area contributed by atoms with E-state index in [2.05, 4.69) is 37.4 Å². The third kappa shape index (κ3) is 4.23. The molecule has 3 nitrogen and oxygen atoms in total. The van der Waals surface area contributed by atoms with Gasteiger partial charge in [0.05, 0.1) is 11.0 Å². The fourth-order valence-electron chi connectivity index (χ4n) is 2.02. The molecule has 0 radical (unpaired) electrons. The molecule has 1 rings (SSSR count). The predicted octanol–water partition coefficient (Wildman–Crippen LogP) is 3.05. The number of hydrogen-bond donors (Lipinski definition) is 1. The standard InChI is InChI=1S/C15H25NO2S/c1-5-13-8-7-9-14(6-2)15(13)16-10-11-19(17,18)12(3)4/h7-9,12,16H,5-6,10-11H2,1-4H3. The summed E-state index contributed by atoms with van der Waals surface area (Å²) in [5, 5.41) is 3.01. The first-order valence-corrected chi connectivity index (χ1v) is 8.70. The molecule has 0 aromatic heterocycles. The molecule has 0 unspecified atom stereocenters. The number of para-hydroxylation sites is 1. The molecular weight excluding hydrogens is 258 g/mol. The van der Waals surface area contributed by atoms with Gasteiger partial charge in [-0.3, -0.25) is 0 Å². The van der Waals surface area contributed by atoms with Crippen molar-refractivity contribution >= 4 is 15.5 Å². The van der Waals surface area contributed by atoms with Gasteiger partial charge in [-0.2, -0.15) is 0 Å². The topological polar surface area (TPSA) is 46.2 Å². The van der Waals surface area contributed by atoms with Crippen molar-refractivity contribution in [2.24, 2.45) is 0 Å². The Hall–Kier alpha value is -1.03. The second-order valence-electron chi connectivity index (χ2n) is 5.00. The van der Waals surface area contributed by atoms with Gasteiger partial charge in [0.2, 0.25) is 0 Å². The van der Waals surface area contributed by atoms with Crippen molar-refractivity contribution in [1.82, 2.24) is 0 Å². The van der Waals surface area contributed by atoms with Crippen LogP contribution in [0.3, 0.4) is 0 Å². The molecule has 0 amide bonds. The summed E-state index contributed by atoms with van der Waals surface area (Å²) < 4.78 is 23.6. The largest absolute Gasteiger partial charge is 0.384 e. The smallest absolute Gasteiger partial charge is 0.154 e. The molecule has 0 aliphatic heterocycles. The Morgan fingerprint density at radius 1 is 1.11 bits per heavy atom. The minimum absolute atomic E-state index is 0.186. The lowest BCUT2D eigenvalue weighted by Crippen LogP contribution is -2.23. The first-order chi connectivity index (χ1) is 8.92. The number of aryl methyl sites for hydroxylation is 2. The summed E-state index contributed by atoms with van der Waals surface area (Å²) in [4.78, 5) is 0. The zero-order valence-electron chi connectivity index (χ0n) is 12.4. The highest BCUT2D eigenvalue weighted by molar-refractivity contribution is 7.92. The number of benzene rings is 1. The third-order valence-corrected chi connectivity index (χ3v) is 5.62. The Balaban J connectivity index is 2.78. The Labute approximate surface area is 117 Å². The molecule has 0 aliphatic carbocycles. The monoisotopic (exact) mass is 283 g/mol. The van der Waals surface area contributed by atoms with Crippen molar-refractivity contribution in [3.63, 3.8) is 0 Å². The van der Waals surface area contributed by atoms with Crippen LogP contribution in [-0.2, 0) is 22.7 Å². The summed E-state index contributed by atoms with van der Waals surface area (Å²) in [6, 6.07) is 6.25. The van der Waals surface area contributed by atoms with Gasteiger partial charge in [-0.1, -0.05) is 32.0 Å². The van der Waals surface area contributed by atoms with E-state index in [-0.39, 0.29) is 11.0 Å². The molecule has 0 saturated heterocycles. The number of rotatable bonds is 7. The molecule has 19 heavy (non-hydrogen) atoms. The van der Waals surface area contributed by atoms with Gasteiger partial charge in [-0.05, 0) is 37.8 Å². The molecule has 1 aromatic carbocycles. The van der Waals surface area contributed by atoms with Crippen molar-refractivity contribution in [2.75, 3.05) is 17.6 Å². The molecule has 0 bridgehead atoms. The van der Waals surface area contributed by atoms with E-state index in [0.717, 1.165) is 18.5 Å². The fourth-order valence-corrected chi connectivity index (χ4v) is 2.88. The summed E-state index contributed by atoms with van der Waals surface area (Å²) in [5.41, 5.74) is 3.62. The average Bonchev–Trinajstić information content (AvgIpc) is 2.38. The van der Waals surface area contributed by atoms with Crippen molar-refractivity contribution in [3.8, 4) is 0 Å². The van der Waals surface area contributed by atoms with Crippen molar-refractivity contribution in [3.05, 3.63) is 29.3 Å². The van der Waals surface area contributed by atoms with Crippen LogP contribution in [0.2, 0.25) is 0 Å². The maximum atomic E-state index is 11.8. The Kier molecular flexibility index (Phi) is 5.85. The van der Waals surface area contributed by atoms with E-state index < -0.39 is 9.84 Å². The molecule has 0 saturated carbocycles. The lowest BCUT2D eigenvalue weighted by Gasteiger charge is -2.16. The SMILES string of the molecule is CCc1cccc(CC)c1NCCS(=O)(=O)C(C)C. The zero-order valence-corrected chi connectivity index (χ0v) is 13.2. The van der Waals surface area contributed by atoms with Gasteiger partial charge in [-0.25, -0.2) is 8.42 Å². The van der Waals surface area contributed by atoms with E-state index in [9.17, 15) is 8.42 Å². The van der Waals surface area contributed by atoms with Crippen LogP contribution in [0.25, 0.3) is 0 Å². The van der Waals surface area contributed by atoms with Crippen LogP contribution >= 0.6 is 0 Å². The van der Waals surface area contributed by atoms with Gasteiger partial charge in [0.25, 0.3) is 0 Å². The van der Waals surface area contributed by atoms with Crippen LogP contribution in [0, 0.1) is 0 Å². The normalized spacial score (nSPS) is 11.8. The summed E-state index contributed by atoms with van der Waals surface area (Å²) >= 11 is 0. The fraction of sp³-hybridized carbons (Fsp3) is 0.600. The van der Waals surface area contributed by atoms with Crippen LogP contribution in [0.15, 0.2) is 18.2 Å². The first kappa shape index (κ1) is 16.0. The van der Waals surface area contributed by atoms with Gasteiger partial charge in [0, 0.05) is 12.2 Å². The number of sulfone groups is 1. The van der Waals surface area contributed by atoms with E-state index in [0.29, 0.717) is 6.54 Å². The van der Waals surface area contributed by atoms with Crippen molar-refractivity contribution < 1.29 is 8.42 Å². The summed E-state index contributed by atoms with van der Waals surface area (Å²) in [6.45, 7) is 8.17. The lowest BCUT2D eigenvalue weighted by atomic mass is 10.0. The van der Waals surface area contributed by atoms with E-state index in [1.54, 1.807) is 13.8 Å². The number of nitrogens with one attached hydrogen (secondary N) is 1. The van der Waals surface area contributed by atoms with Crippen LogP contribution < -0.4 is 5.32 Å². The van der Waals surface area contributed by atoms with Gasteiger partial charge in [-0.15, -0.1) is 0 Å². The molecule has 0 atom stereocenters. The van der Waals surface area contributed by atoms with E-state index in [1.165, 1.54) is 11.1 Å². The van der Waals surface area contributed by atoms with Crippen LogP contribution in [0.4, 0.5) is 5.69 Å². The minimum Gasteiger partial charge on any atom is -0.384 e. The van der Waals surface area contributed by atoms with E-state index in [4.69, 9.17) is 0 Å². The molecule has 0 aliphatic rings. The van der Waals surface area contributed by atoms with Crippen molar-refractivity contribution in [1.29, 1.82) is 0 Å². The molecule has 0 spiro atoms. The molecule has 108 valence electrons. The predicted molar refractivity (Wildman–Crippen MR) is 82.6 cm³/mol. The second-order valence-corrected chi connectivity index (χ2v) is 7.68. The maximum Gasteiger partial charge on any atom is 0.154 e. The number of anilines is 1. The van der Waals surface area contributed by atoms with Gasteiger partial charge < -0.3 is 5.32 Å². The third-order valence-electron chi connectivity index (χ3n) is 3.41. The van der Waals surface area contributed by atoms with E-state index in [1.807, 2.05) is 0 Å². The molecule has 0 fully saturated rings. The average molecular weight is 283 g/mol. The molecule has 1 N–H and O–H groups in total. The summed E-state index contributed by atoms with van der Waals surface area (Å²) in [5.74, 6) is 0.186. The Morgan fingerprint density at radius 2 is 1.63 bits per heavy atom. The summed E-state index contributed by atoms with van der Waals surface area (Å²) in [7, 11) is -2.97. The van der Waals surface area contributed by atoms with E-state index >= 15 is 0 Å². The van der Waals surface area contributed by atoms with Crippen LogP contribution in [0.1, 0.15) is 38.8 Å². The highest BCUT2D eigenvalue weighted by Crippen LogP contribution is 2.22. The quantitative estimate of drug-likeness (QED) is 0.836. The molecular formula is C15H25NO2S. The second kappa shape index (κ2) is 6.94. The lowest BCUT2D eigenvalue weighted by molar-refractivity contribution is 0.588. The summed E-state index contributed by atoms with van der Waals surface area (Å²) in [6.07, 6.45) is 1.90. The molecule has 4 heteroatoms. The van der Waals surface area contributed by atoms with Crippen LogP contribution in [0.5, 0.6) is 0 Å². The molecule has 0 heterocycles. The highest BCUT2D eigenvalue weighted by atomic mass is 32.2. The molecule has 1 aromatic rings. The maximum absolute atomic E-state index is 11.8. The number of hydrogen-bond acceptors (Lipinski definition) is 3. The Bertz CT molecular complexity index is 485. The van der Waals surface area contributed by atoms with Gasteiger partial charge in [0.1, 0.15) is 0 Å². The highest BCUT2D eigenvalue weighted by Gasteiger charge is 2.15. The van der Waals surface area contributed by atoms with Crippen LogP contribution in [-0.4, -0.2) is 26.0 Å². The van der Waals surface area contributed by atoms with Gasteiger partial charge >= 0.3 is 0 Å². The Morgan fingerprint density at radius 3 is 2.05 bits per heavy atom. The minimum atomic E-state index is -2.97. The van der Waals surface area contributed by atoms with Crippen molar-refractivity contribution in [2.45, 2.75) is 45.8 Å². The first-order valence-electron chi connectivity index (χ1n) is 6.98. The zero-order chi connectivity index (χ0) is 14.5.